The molecule has 1 aliphatic rings. The van der Waals surface area contributed by atoms with Gasteiger partial charge in [0.05, 0.1) is 7.11 Å². The lowest BCUT2D eigenvalue weighted by atomic mass is 9.86. The van der Waals surface area contributed by atoms with Crippen LogP contribution in [-0.4, -0.2) is 44.1 Å². The molecule has 0 spiro atoms. The largest absolute Gasteiger partial charge is 0.497 e. The fourth-order valence-corrected chi connectivity index (χ4v) is 3.00. The smallest absolute Gasteiger partial charge is 0.325 e. The van der Waals surface area contributed by atoms with Crippen LogP contribution >= 0.6 is 0 Å². The Hall–Kier alpha value is -2.57. The fraction of sp³-hybridized carbons (Fsp3) is 0.526. The lowest BCUT2D eigenvalue weighted by molar-refractivity contribution is -0.147. The second-order valence-corrected chi connectivity index (χ2v) is 6.51. The molecule has 142 valence electrons. The molecule has 0 bridgehead atoms. The summed E-state index contributed by atoms with van der Waals surface area (Å²) in [5.74, 6) is -0.398. The molecule has 0 saturated heterocycles. The van der Waals surface area contributed by atoms with Crippen molar-refractivity contribution in [3.63, 3.8) is 0 Å². The zero-order valence-corrected chi connectivity index (χ0v) is 15.2. The Morgan fingerprint density at radius 3 is 2.69 bits per heavy atom. The zero-order valence-electron chi connectivity index (χ0n) is 15.2. The fourth-order valence-electron chi connectivity index (χ4n) is 3.00. The third-order valence-corrected chi connectivity index (χ3v) is 4.55. The number of amides is 2. The number of hydrogen-bond donors (Lipinski definition) is 2. The van der Waals surface area contributed by atoms with Gasteiger partial charge in [-0.1, -0.05) is 25.8 Å². The van der Waals surface area contributed by atoms with Crippen molar-refractivity contribution in [2.24, 2.45) is 5.92 Å². The van der Waals surface area contributed by atoms with E-state index in [1.54, 1.807) is 24.3 Å². The van der Waals surface area contributed by atoms with E-state index in [2.05, 4.69) is 17.6 Å². The van der Waals surface area contributed by atoms with Gasteiger partial charge < -0.3 is 20.1 Å². The molecule has 1 aromatic rings. The summed E-state index contributed by atoms with van der Waals surface area (Å²) in [5.41, 5.74) is 0.376. The summed E-state index contributed by atoms with van der Waals surface area (Å²) < 4.78 is 9.97. The molecule has 7 nitrogen and oxygen atoms in total. The molecule has 0 heterocycles. The van der Waals surface area contributed by atoms with E-state index in [1.807, 2.05) is 0 Å². The van der Waals surface area contributed by atoms with Gasteiger partial charge in [-0.15, -0.1) is 0 Å². The van der Waals surface area contributed by atoms with Crippen molar-refractivity contribution in [3.05, 3.63) is 29.8 Å². The molecule has 0 aliphatic heterocycles. The third-order valence-electron chi connectivity index (χ3n) is 4.55. The van der Waals surface area contributed by atoms with E-state index in [1.165, 1.54) is 13.5 Å². The lowest BCUT2D eigenvalue weighted by Crippen LogP contribution is -2.43. The van der Waals surface area contributed by atoms with Crippen molar-refractivity contribution < 1.29 is 23.9 Å². The van der Waals surface area contributed by atoms with Crippen LogP contribution in [0.2, 0.25) is 0 Å². The average molecular weight is 362 g/mol. The van der Waals surface area contributed by atoms with Gasteiger partial charge in [0.2, 0.25) is 0 Å². The third kappa shape index (κ3) is 6.06. The maximum absolute atomic E-state index is 12.0. The molecule has 1 aliphatic carbocycles. The van der Waals surface area contributed by atoms with Crippen LogP contribution in [0.3, 0.4) is 0 Å². The highest BCUT2D eigenvalue weighted by Gasteiger charge is 2.23. The SMILES string of the molecule is COc1cccc(C(=O)NCC(=O)OCC(=O)N[C@H]2CCCC[C@H]2C)c1. The van der Waals surface area contributed by atoms with Crippen LogP contribution in [0.5, 0.6) is 5.75 Å². The van der Waals surface area contributed by atoms with Gasteiger partial charge >= 0.3 is 5.97 Å². The number of carbonyl (C=O) groups is 3. The standard InChI is InChI=1S/C19H26N2O5/c1-13-6-3-4-9-16(13)21-17(22)12-26-18(23)11-20-19(24)14-7-5-8-15(10-14)25-2/h5,7-8,10,13,16H,3-4,6,9,11-12H2,1-2H3,(H,20,24)(H,21,22)/t13-,16+/m1/s1. The zero-order chi connectivity index (χ0) is 18.9. The van der Waals surface area contributed by atoms with Gasteiger partial charge in [0.15, 0.2) is 6.61 Å². The minimum Gasteiger partial charge on any atom is -0.497 e. The van der Waals surface area contributed by atoms with Crippen LogP contribution in [-0.2, 0) is 14.3 Å². The van der Waals surface area contributed by atoms with Crippen molar-refractivity contribution in [2.75, 3.05) is 20.3 Å². The van der Waals surface area contributed by atoms with E-state index in [4.69, 9.17) is 9.47 Å². The monoisotopic (exact) mass is 362 g/mol. The Balaban J connectivity index is 1.69. The van der Waals surface area contributed by atoms with Crippen LogP contribution < -0.4 is 15.4 Å². The van der Waals surface area contributed by atoms with Crippen molar-refractivity contribution >= 4 is 17.8 Å². The van der Waals surface area contributed by atoms with E-state index in [9.17, 15) is 14.4 Å². The minimum atomic E-state index is -0.659. The number of carbonyl (C=O) groups excluding carboxylic acids is 3. The maximum atomic E-state index is 12.0. The van der Waals surface area contributed by atoms with E-state index < -0.39 is 11.9 Å². The molecule has 1 aromatic carbocycles. The molecule has 26 heavy (non-hydrogen) atoms. The van der Waals surface area contributed by atoms with Gasteiger partial charge in [0.1, 0.15) is 12.3 Å². The van der Waals surface area contributed by atoms with Crippen molar-refractivity contribution in [1.29, 1.82) is 0 Å². The highest BCUT2D eigenvalue weighted by Crippen LogP contribution is 2.23. The average Bonchev–Trinajstić information content (AvgIpc) is 2.66. The molecule has 1 saturated carbocycles. The quantitative estimate of drug-likeness (QED) is 0.720. The van der Waals surface area contributed by atoms with Gasteiger partial charge in [-0.25, -0.2) is 0 Å². The van der Waals surface area contributed by atoms with Gasteiger partial charge in [0.25, 0.3) is 11.8 Å². The molecule has 2 atom stereocenters. The van der Waals surface area contributed by atoms with E-state index in [0.717, 1.165) is 19.3 Å². The summed E-state index contributed by atoms with van der Waals surface area (Å²) in [4.78, 5) is 35.6. The van der Waals surface area contributed by atoms with Crippen molar-refractivity contribution in [3.8, 4) is 5.75 Å². The van der Waals surface area contributed by atoms with Crippen LogP contribution in [0.4, 0.5) is 0 Å². The molecule has 0 radical (unpaired) electrons. The molecule has 2 rings (SSSR count). The highest BCUT2D eigenvalue weighted by molar-refractivity contribution is 5.96. The first-order valence-electron chi connectivity index (χ1n) is 8.87. The lowest BCUT2D eigenvalue weighted by Gasteiger charge is -2.29. The Morgan fingerprint density at radius 1 is 1.19 bits per heavy atom. The molecule has 0 aromatic heterocycles. The minimum absolute atomic E-state index is 0.141. The summed E-state index contributed by atoms with van der Waals surface area (Å²) >= 11 is 0. The topological polar surface area (TPSA) is 93.7 Å². The number of nitrogens with one attached hydrogen (secondary N) is 2. The van der Waals surface area contributed by atoms with Crippen molar-refractivity contribution in [1.82, 2.24) is 10.6 Å². The van der Waals surface area contributed by atoms with Crippen LogP contribution in [0, 0.1) is 5.92 Å². The molecule has 2 N–H and O–H groups in total. The molecular formula is C19H26N2O5. The number of benzene rings is 1. The summed E-state index contributed by atoms with van der Waals surface area (Å²) in [7, 11) is 1.51. The Labute approximate surface area is 153 Å². The van der Waals surface area contributed by atoms with Gasteiger partial charge in [-0.2, -0.15) is 0 Å². The van der Waals surface area contributed by atoms with E-state index >= 15 is 0 Å². The predicted molar refractivity (Wildman–Crippen MR) is 95.8 cm³/mol. The first kappa shape index (κ1) is 19.8. The summed E-state index contributed by atoms with van der Waals surface area (Å²) in [6.07, 6.45) is 4.35. The second kappa shape index (κ2) is 9.79. The normalized spacial score (nSPS) is 19.3. The summed E-state index contributed by atoms with van der Waals surface area (Å²) in [6, 6.07) is 6.73. The van der Waals surface area contributed by atoms with E-state index in [-0.39, 0.29) is 25.1 Å². The van der Waals surface area contributed by atoms with E-state index in [0.29, 0.717) is 17.2 Å². The number of methoxy groups -OCH3 is 1. The van der Waals surface area contributed by atoms with Gasteiger partial charge in [0, 0.05) is 11.6 Å². The molecule has 7 heteroatoms. The van der Waals surface area contributed by atoms with Crippen LogP contribution in [0.1, 0.15) is 43.0 Å². The Morgan fingerprint density at radius 2 is 1.96 bits per heavy atom. The molecule has 1 fully saturated rings. The Kier molecular flexibility index (Phi) is 7.44. The molecule has 2 amide bonds. The molecular weight excluding hydrogens is 336 g/mol. The first-order chi connectivity index (χ1) is 12.5. The highest BCUT2D eigenvalue weighted by atomic mass is 16.5. The Bertz CT molecular complexity index is 647. The van der Waals surface area contributed by atoms with Crippen LogP contribution in [0.15, 0.2) is 24.3 Å². The number of esters is 1. The van der Waals surface area contributed by atoms with Crippen molar-refractivity contribution in [2.45, 2.75) is 38.6 Å². The molecule has 0 unspecified atom stereocenters. The number of hydrogen-bond acceptors (Lipinski definition) is 5. The first-order valence-corrected chi connectivity index (χ1v) is 8.87. The van der Waals surface area contributed by atoms with Crippen LogP contribution in [0.25, 0.3) is 0 Å². The summed E-state index contributed by atoms with van der Waals surface area (Å²) in [6.45, 7) is 1.48. The predicted octanol–water partition coefficient (Wildman–Crippen LogP) is 1.66. The maximum Gasteiger partial charge on any atom is 0.325 e. The number of ether oxygens (including phenoxy) is 2. The second-order valence-electron chi connectivity index (χ2n) is 6.51. The van der Waals surface area contributed by atoms with Gasteiger partial charge in [-0.05, 0) is 37.0 Å². The summed E-state index contributed by atoms with van der Waals surface area (Å²) in [5, 5.41) is 5.37. The number of rotatable bonds is 7. The van der Waals surface area contributed by atoms with Gasteiger partial charge in [-0.3, -0.25) is 14.4 Å².